The van der Waals surface area contributed by atoms with E-state index in [1.165, 1.54) is 11.3 Å². The monoisotopic (exact) mass is 336 g/mol. The third-order valence-electron chi connectivity index (χ3n) is 3.81. The van der Waals surface area contributed by atoms with Crippen LogP contribution in [-0.2, 0) is 4.79 Å². The molecule has 2 aromatic heterocycles. The van der Waals surface area contributed by atoms with Crippen LogP contribution < -0.4 is 5.32 Å². The molecule has 1 atom stereocenters. The van der Waals surface area contributed by atoms with Crippen molar-refractivity contribution in [2.45, 2.75) is 6.10 Å². The van der Waals surface area contributed by atoms with Crippen molar-refractivity contribution in [3.63, 3.8) is 0 Å². The van der Waals surface area contributed by atoms with Crippen molar-refractivity contribution < 1.29 is 14.3 Å². The van der Waals surface area contributed by atoms with Gasteiger partial charge in [0, 0.05) is 44.3 Å². The SMILES string of the molecule is O=C(CN1CCN(C[C@@H](O)c2ccco2)CC1)Nc1nccs1. The molecule has 1 fully saturated rings. The summed E-state index contributed by atoms with van der Waals surface area (Å²) in [5, 5.41) is 15.4. The number of aliphatic hydroxyl groups is 1. The molecule has 8 heteroatoms. The van der Waals surface area contributed by atoms with E-state index in [-0.39, 0.29) is 5.91 Å². The molecule has 1 amide bonds. The smallest absolute Gasteiger partial charge is 0.240 e. The molecular formula is C15H20N4O3S. The standard InChI is InChI=1S/C15H20N4O3S/c20-12(13-2-1-8-22-13)10-18-4-6-19(7-5-18)11-14(21)17-15-16-3-9-23-15/h1-3,8-9,12,20H,4-7,10-11H2,(H,16,17,21)/t12-/m1/s1. The molecule has 3 rings (SSSR count). The molecule has 0 bridgehead atoms. The van der Waals surface area contributed by atoms with Gasteiger partial charge in [0.1, 0.15) is 11.9 Å². The summed E-state index contributed by atoms with van der Waals surface area (Å²) in [7, 11) is 0. The molecule has 1 aliphatic heterocycles. The number of carbonyl (C=O) groups is 1. The van der Waals surface area contributed by atoms with E-state index >= 15 is 0 Å². The summed E-state index contributed by atoms with van der Waals surface area (Å²) in [6.45, 7) is 4.16. The minimum Gasteiger partial charge on any atom is -0.467 e. The topological polar surface area (TPSA) is 81.8 Å². The number of furan rings is 1. The van der Waals surface area contributed by atoms with E-state index in [0.717, 1.165) is 26.2 Å². The van der Waals surface area contributed by atoms with Crippen LogP contribution >= 0.6 is 11.3 Å². The molecule has 23 heavy (non-hydrogen) atoms. The van der Waals surface area contributed by atoms with Crippen molar-refractivity contribution in [1.29, 1.82) is 0 Å². The van der Waals surface area contributed by atoms with E-state index in [1.54, 1.807) is 24.6 Å². The number of nitrogens with one attached hydrogen (secondary N) is 1. The third kappa shape index (κ3) is 4.61. The van der Waals surface area contributed by atoms with Crippen LogP contribution in [0, 0.1) is 0 Å². The molecule has 1 aliphatic rings. The fourth-order valence-electron chi connectivity index (χ4n) is 2.59. The first-order valence-corrected chi connectivity index (χ1v) is 8.44. The lowest BCUT2D eigenvalue weighted by Gasteiger charge is -2.34. The fourth-order valence-corrected chi connectivity index (χ4v) is 3.14. The Kier molecular flexibility index (Phi) is 5.39. The fraction of sp³-hybridized carbons (Fsp3) is 0.467. The van der Waals surface area contributed by atoms with Gasteiger partial charge in [0.25, 0.3) is 0 Å². The number of amides is 1. The Morgan fingerprint density at radius 3 is 2.83 bits per heavy atom. The summed E-state index contributed by atoms with van der Waals surface area (Å²) in [6.07, 6.45) is 2.63. The molecule has 124 valence electrons. The van der Waals surface area contributed by atoms with Crippen LogP contribution in [0.1, 0.15) is 11.9 Å². The minimum absolute atomic E-state index is 0.0379. The van der Waals surface area contributed by atoms with Crippen LogP contribution in [-0.4, -0.2) is 65.1 Å². The summed E-state index contributed by atoms with van der Waals surface area (Å²) in [4.78, 5) is 20.3. The Bertz CT molecular complexity index is 594. The van der Waals surface area contributed by atoms with Crippen molar-refractivity contribution in [2.24, 2.45) is 0 Å². The van der Waals surface area contributed by atoms with Gasteiger partial charge < -0.3 is 14.8 Å². The maximum Gasteiger partial charge on any atom is 0.240 e. The van der Waals surface area contributed by atoms with Crippen molar-refractivity contribution in [1.82, 2.24) is 14.8 Å². The Labute approximate surface area is 138 Å². The molecular weight excluding hydrogens is 316 g/mol. The zero-order valence-corrected chi connectivity index (χ0v) is 13.5. The first kappa shape index (κ1) is 16.1. The van der Waals surface area contributed by atoms with Gasteiger partial charge in [-0.2, -0.15) is 0 Å². The van der Waals surface area contributed by atoms with Crippen LogP contribution in [0.5, 0.6) is 0 Å². The molecule has 2 aromatic rings. The number of aromatic nitrogens is 1. The molecule has 0 aromatic carbocycles. The Morgan fingerprint density at radius 2 is 2.17 bits per heavy atom. The van der Waals surface area contributed by atoms with Gasteiger partial charge >= 0.3 is 0 Å². The van der Waals surface area contributed by atoms with E-state index in [9.17, 15) is 9.90 Å². The van der Waals surface area contributed by atoms with E-state index < -0.39 is 6.10 Å². The van der Waals surface area contributed by atoms with Gasteiger partial charge in [0.05, 0.1) is 12.8 Å². The highest BCUT2D eigenvalue weighted by Gasteiger charge is 2.22. The normalized spacial score (nSPS) is 18.0. The van der Waals surface area contributed by atoms with Crippen molar-refractivity contribution in [3.05, 3.63) is 35.7 Å². The van der Waals surface area contributed by atoms with Crippen molar-refractivity contribution in [2.75, 3.05) is 44.6 Å². The summed E-state index contributed by atoms with van der Waals surface area (Å²) in [6, 6.07) is 3.56. The van der Waals surface area contributed by atoms with Gasteiger partial charge in [0.2, 0.25) is 5.91 Å². The summed E-state index contributed by atoms with van der Waals surface area (Å²) in [5.41, 5.74) is 0. The van der Waals surface area contributed by atoms with Crippen LogP contribution in [0.2, 0.25) is 0 Å². The molecule has 7 nitrogen and oxygen atoms in total. The third-order valence-corrected chi connectivity index (χ3v) is 4.50. The van der Waals surface area contributed by atoms with Gasteiger partial charge in [-0.3, -0.25) is 14.6 Å². The molecule has 2 N–H and O–H groups in total. The maximum atomic E-state index is 11.9. The zero-order chi connectivity index (χ0) is 16.1. The maximum absolute atomic E-state index is 11.9. The van der Waals surface area contributed by atoms with Gasteiger partial charge in [0.15, 0.2) is 5.13 Å². The Balaban J connectivity index is 1.39. The number of carbonyl (C=O) groups excluding carboxylic acids is 1. The summed E-state index contributed by atoms with van der Waals surface area (Å²) >= 11 is 1.41. The molecule has 0 spiro atoms. The van der Waals surface area contributed by atoms with Crippen LogP contribution in [0.3, 0.4) is 0 Å². The average Bonchev–Trinajstić information content (AvgIpc) is 3.22. The van der Waals surface area contributed by atoms with Gasteiger partial charge in [-0.1, -0.05) is 0 Å². The Morgan fingerprint density at radius 1 is 1.39 bits per heavy atom. The number of thiazole rings is 1. The van der Waals surface area contributed by atoms with E-state index in [4.69, 9.17) is 4.42 Å². The lowest BCUT2D eigenvalue weighted by molar-refractivity contribution is -0.117. The first-order valence-electron chi connectivity index (χ1n) is 7.56. The summed E-state index contributed by atoms with van der Waals surface area (Å²) < 4.78 is 5.22. The van der Waals surface area contributed by atoms with Gasteiger partial charge in [-0.25, -0.2) is 4.98 Å². The number of nitrogens with zero attached hydrogens (tertiary/aromatic N) is 3. The second-order valence-electron chi connectivity index (χ2n) is 5.49. The Hall–Kier alpha value is -1.74. The number of hydrogen-bond donors (Lipinski definition) is 2. The van der Waals surface area contributed by atoms with Crippen molar-refractivity contribution in [3.8, 4) is 0 Å². The van der Waals surface area contributed by atoms with Gasteiger partial charge in [-0.05, 0) is 12.1 Å². The second-order valence-corrected chi connectivity index (χ2v) is 6.39. The van der Waals surface area contributed by atoms with Crippen molar-refractivity contribution >= 4 is 22.4 Å². The summed E-state index contributed by atoms with van der Waals surface area (Å²) in [5.74, 6) is 0.555. The molecule has 0 saturated carbocycles. The highest BCUT2D eigenvalue weighted by Crippen LogP contribution is 2.16. The molecule has 3 heterocycles. The number of piperazine rings is 1. The molecule has 0 radical (unpaired) electrons. The largest absolute Gasteiger partial charge is 0.467 e. The second kappa shape index (κ2) is 7.69. The first-order chi connectivity index (χ1) is 11.2. The van der Waals surface area contributed by atoms with Crippen LogP contribution in [0.25, 0.3) is 0 Å². The van der Waals surface area contributed by atoms with E-state index in [1.807, 2.05) is 5.38 Å². The predicted molar refractivity (Wildman–Crippen MR) is 87.3 cm³/mol. The number of hydrogen-bond acceptors (Lipinski definition) is 7. The lowest BCUT2D eigenvalue weighted by Crippen LogP contribution is -2.49. The number of β-amino-alcohol motifs (C(OH)–C–C–N with tert-alkyl or cyclic N) is 1. The quantitative estimate of drug-likeness (QED) is 0.820. The highest BCUT2D eigenvalue weighted by atomic mass is 32.1. The zero-order valence-electron chi connectivity index (χ0n) is 12.7. The minimum atomic E-state index is -0.607. The molecule has 0 unspecified atom stereocenters. The number of anilines is 1. The van der Waals surface area contributed by atoms with Crippen LogP contribution in [0.4, 0.5) is 5.13 Å². The number of rotatable bonds is 6. The lowest BCUT2D eigenvalue weighted by atomic mass is 10.2. The van der Waals surface area contributed by atoms with E-state index in [0.29, 0.717) is 24.0 Å². The van der Waals surface area contributed by atoms with Crippen LogP contribution in [0.15, 0.2) is 34.4 Å². The molecule has 0 aliphatic carbocycles. The van der Waals surface area contributed by atoms with E-state index in [2.05, 4.69) is 20.1 Å². The predicted octanol–water partition coefficient (Wildman–Crippen LogP) is 1.03. The van der Waals surface area contributed by atoms with Gasteiger partial charge in [-0.15, -0.1) is 11.3 Å². The molecule has 1 saturated heterocycles. The average molecular weight is 336 g/mol. The highest BCUT2D eigenvalue weighted by molar-refractivity contribution is 7.13. The number of aliphatic hydroxyl groups excluding tert-OH is 1.